The molecule has 0 aliphatic heterocycles. The first kappa shape index (κ1) is 12.7. The lowest BCUT2D eigenvalue weighted by molar-refractivity contribution is 0.761. The lowest BCUT2D eigenvalue weighted by atomic mass is 10.2. The van der Waals surface area contributed by atoms with Crippen molar-refractivity contribution in [2.45, 2.75) is 12.8 Å². The summed E-state index contributed by atoms with van der Waals surface area (Å²) >= 11 is 0. The van der Waals surface area contributed by atoms with Crippen molar-refractivity contribution in [1.29, 1.82) is 0 Å². The summed E-state index contributed by atoms with van der Waals surface area (Å²) in [5.41, 5.74) is 2.16. The molecule has 0 fully saturated rings. The fourth-order valence-corrected chi connectivity index (χ4v) is 2.39. The van der Waals surface area contributed by atoms with Gasteiger partial charge in [-0.25, -0.2) is 9.97 Å². The second-order valence-corrected chi connectivity index (χ2v) is 4.98. The van der Waals surface area contributed by atoms with Gasteiger partial charge in [0.05, 0.1) is 11.6 Å². The summed E-state index contributed by atoms with van der Waals surface area (Å²) in [7, 11) is 4.01. The first-order chi connectivity index (χ1) is 9.74. The predicted octanol–water partition coefficient (Wildman–Crippen LogP) is 1.76. The van der Waals surface area contributed by atoms with Crippen molar-refractivity contribution >= 4 is 16.9 Å². The van der Waals surface area contributed by atoms with Crippen molar-refractivity contribution in [2.24, 2.45) is 7.05 Å². The molecule has 0 bridgehead atoms. The Kier molecular flexibility index (Phi) is 3.37. The number of aryl methyl sites for hydroxylation is 2. The van der Waals surface area contributed by atoms with Crippen molar-refractivity contribution in [3.05, 3.63) is 36.5 Å². The zero-order chi connectivity index (χ0) is 13.9. The molecule has 0 saturated heterocycles. The molecular formula is C14H18N6. The van der Waals surface area contributed by atoms with Crippen LogP contribution in [0.25, 0.3) is 11.0 Å². The Morgan fingerprint density at radius 2 is 2.25 bits per heavy atom. The average molecular weight is 270 g/mol. The molecule has 0 spiro atoms. The number of hydrogen-bond acceptors (Lipinski definition) is 4. The smallest absolute Gasteiger partial charge is 0.142 e. The van der Waals surface area contributed by atoms with Crippen LogP contribution in [0.3, 0.4) is 0 Å². The van der Waals surface area contributed by atoms with Crippen molar-refractivity contribution < 1.29 is 0 Å². The van der Waals surface area contributed by atoms with Gasteiger partial charge in [-0.15, -0.1) is 0 Å². The summed E-state index contributed by atoms with van der Waals surface area (Å²) in [5.74, 6) is 0.974. The molecule has 3 aromatic rings. The Balaban J connectivity index is 1.64. The summed E-state index contributed by atoms with van der Waals surface area (Å²) in [6.07, 6.45) is 9.58. The van der Waals surface area contributed by atoms with Gasteiger partial charge in [0.15, 0.2) is 0 Å². The SMILES string of the molecule is CN(CCCc1cnn(C)c1)c1ncnc2[nH]ccc12. The zero-order valence-electron chi connectivity index (χ0n) is 11.7. The Labute approximate surface area is 117 Å². The second-order valence-electron chi connectivity index (χ2n) is 4.98. The fraction of sp³-hybridized carbons (Fsp3) is 0.357. The van der Waals surface area contributed by atoms with E-state index >= 15 is 0 Å². The van der Waals surface area contributed by atoms with Gasteiger partial charge in [0, 0.05) is 33.0 Å². The van der Waals surface area contributed by atoms with E-state index in [-0.39, 0.29) is 0 Å². The van der Waals surface area contributed by atoms with Crippen molar-refractivity contribution in [2.75, 3.05) is 18.5 Å². The Bertz CT molecular complexity index is 698. The van der Waals surface area contributed by atoms with Crippen LogP contribution in [0.5, 0.6) is 0 Å². The molecule has 3 rings (SSSR count). The van der Waals surface area contributed by atoms with E-state index in [0.29, 0.717) is 0 Å². The number of H-pyrrole nitrogens is 1. The van der Waals surface area contributed by atoms with E-state index in [2.05, 4.69) is 38.2 Å². The summed E-state index contributed by atoms with van der Waals surface area (Å²) in [6.45, 7) is 0.951. The lowest BCUT2D eigenvalue weighted by Crippen LogP contribution is -2.20. The monoisotopic (exact) mass is 270 g/mol. The van der Waals surface area contributed by atoms with E-state index in [0.717, 1.165) is 36.2 Å². The number of anilines is 1. The molecule has 6 nitrogen and oxygen atoms in total. The van der Waals surface area contributed by atoms with E-state index in [1.54, 1.807) is 6.33 Å². The molecule has 6 heteroatoms. The largest absolute Gasteiger partial charge is 0.359 e. The van der Waals surface area contributed by atoms with Gasteiger partial charge in [-0.2, -0.15) is 5.10 Å². The molecular weight excluding hydrogens is 252 g/mol. The van der Waals surface area contributed by atoms with Crippen molar-refractivity contribution in [1.82, 2.24) is 24.7 Å². The van der Waals surface area contributed by atoms with Crippen LogP contribution in [0.2, 0.25) is 0 Å². The van der Waals surface area contributed by atoms with E-state index in [9.17, 15) is 0 Å². The maximum atomic E-state index is 4.39. The minimum atomic E-state index is 0.883. The number of fused-ring (bicyclic) bond motifs is 1. The van der Waals surface area contributed by atoms with Crippen LogP contribution < -0.4 is 4.90 Å². The van der Waals surface area contributed by atoms with Crippen LogP contribution in [0.1, 0.15) is 12.0 Å². The van der Waals surface area contributed by atoms with E-state index in [4.69, 9.17) is 0 Å². The maximum Gasteiger partial charge on any atom is 0.142 e. The predicted molar refractivity (Wildman–Crippen MR) is 78.7 cm³/mol. The van der Waals surface area contributed by atoms with Gasteiger partial charge in [0.1, 0.15) is 17.8 Å². The summed E-state index contributed by atoms with van der Waals surface area (Å²) in [6, 6.07) is 2.02. The van der Waals surface area contributed by atoms with E-state index < -0.39 is 0 Å². The van der Waals surface area contributed by atoms with E-state index in [1.165, 1.54) is 5.56 Å². The summed E-state index contributed by atoms with van der Waals surface area (Å²) in [5, 5.41) is 5.25. The number of aromatic nitrogens is 5. The zero-order valence-corrected chi connectivity index (χ0v) is 11.7. The van der Waals surface area contributed by atoms with Gasteiger partial charge < -0.3 is 9.88 Å². The second kappa shape index (κ2) is 5.32. The summed E-state index contributed by atoms with van der Waals surface area (Å²) < 4.78 is 1.84. The molecule has 3 heterocycles. The van der Waals surface area contributed by atoms with Gasteiger partial charge in [-0.3, -0.25) is 4.68 Å². The first-order valence-corrected chi connectivity index (χ1v) is 6.71. The average Bonchev–Trinajstić information content (AvgIpc) is 3.06. The third-order valence-electron chi connectivity index (χ3n) is 3.41. The standard InChI is InChI=1S/C14H18N6/c1-19(7-3-4-11-8-18-20(2)9-11)14-12-5-6-15-13(12)16-10-17-14/h5-6,8-10H,3-4,7H2,1-2H3,(H,15,16,17). The van der Waals surface area contributed by atoms with Crippen LogP contribution >= 0.6 is 0 Å². The fourth-order valence-electron chi connectivity index (χ4n) is 2.39. The molecule has 0 unspecified atom stereocenters. The van der Waals surface area contributed by atoms with Gasteiger partial charge >= 0.3 is 0 Å². The lowest BCUT2D eigenvalue weighted by Gasteiger charge is -2.18. The molecule has 20 heavy (non-hydrogen) atoms. The number of aromatic amines is 1. The third kappa shape index (κ3) is 2.49. The van der Waals surface area contributed by atoms with Gasteiger partial charge in [-0.05, 0) is 24.5 Å². The molecule has 0 aliphatic carbocycles. The van der Waals surface area contributed by atoms with Crippen LogP contribution in [0.15, 0.2) is 31.0 Å². The van der Waals surface area contributed by atoms with Gasteiger partial charge in [0.25, 0.3) is 0 Å². The van der Waals surface area contributed by atoms with Crippen LogP contribution in [-0.2, 0) is 13.5 Å². The van der Waals surface area contributed by atoms with Crippen LogP contribution in [-0.4, -0.2) is 38.3 Å². The maximum absolute atomic E-state index is 4.39. The Morgan fingerprint density at radius 3 is 3.05 bits per heavy atom. The summed E-state index contributed by atoms with van der Waals surface area (Å²) in [4.78, 5) is 13.9. The molecule has 104 valence electrons. The van der Waals surface area contributed by atoms with Crippen molar-refractivity contribution in [3.63, 3.8) is 0 Å². The topological polar surface area (TPSA) is 62.6 Å². The van der Waals surface area contributed by atoms with Gasteiger partial charge in [0.2, 0.25) is 0 Å². The minimum Gasteiger partial charge on any atom is -0.359 e. The van der Waals surface area contributed by atoms with Crippen LogP contribution in [0.4, 0.5) is 5.82 Å². The molecule has 0 atom stereocenters. The molecule has 0 saturated carbocycles. The van der Waals surface area contributed by atoms with Gasteiger partial charge in [-0.1, -0.05) is 0 Å². The molecule has 0 aliphatic rings. The highest BCUT2D eigenvalue weighted by Gasteiger charge is 2.09. The highest BCUT2D eigenvalue weighted by molar-refractivity contribution is 5.87. The number of nitrogens with zero attached hydrogens (tertiary/aromatic N) is 5. The normalized spacial score (nSPS) is 11.1. The number of nitrogens with one attached hydrogen (secondary N) is 1. The third-order valence-corrected chi connectivity index (χ3v) is 3.41. The van der Waals surface area contributed by atoms with Crippen LogP contribution in [0, 0.1) is 0 Å². The molecule has 0 amide bonds. The molecule has 0 radical (unpaired) electrons. The minimum absolute atomic E-state index is 0.883. The van der Waals surface area contributed by atoms with Crippen molar-refractivity contribution in [3.8, 4) is 0 Å². The highest BCUT2D eigenvalue weighted by atomic mass is 15.2. The Morgan fingerprint density at radius 1 is 1.35 bits per heavy atom. The first-order valence-electron chi connectivity index (χ1n) is 6.71. The highest BCUT2D eigenvalue weighted by Crippen LogP contribution is 2.20. The quantitative estimate of drug-likeness (QED) is 0.767. The number of hydrogen-bond donors (Lipinski definition) is 1. The number of rotatable bonds is 5. The molecule has 0 aromatic carbocycles. The molecule has 1 N–H and O–H groups in total. The Hall–Kier alpha value is -2.37. The molecule has 3 aromatic heterocycles. The van der Waals surface area contributed by atoms with E-state index in [1.807, 2.05) is 30.2 Å².